The molecule has 0 radical (unpaired) electrons. The molecular formula is C23H24F2N8O3S. The number of carbonyl (C=O) groups excluding carboxylic acids is 1. The highest BCUT2D eigenvalue weighted by molar-refractivity contribution is 7.92. The van der Waals surface area contributed by atoms with E-state index in [1.165, 1.54) is 13.1 Å². The zero-order chi connectivity index (χ0) is 26.5. The molecule has 1 amide bonds. The van der Waals surface area contributed by atoms with Crippen LogP contribution in [0.15, 0.2) is 36.7 Å². The van der Waals surface area contributed by atoms with Gasteiger partial charge in [0.1, 0.15) is 11.3 Å². The van der Waals surface area contributed by atoms with Gasteiger partial charge in [0.15, 0.2) is 11.5 Å². The Morgan fingerprint density at radius 2 is 1.95 bits per heavy atom. The van der Waals surface area contributed by atoms with Crippen molar-refractivity contribution in [3.05, 3.63) is 42.5 Å². The van der Waals surface area contributed by atoms with Crippen LogP contribution in [0.1, 0.15) is 25.1 Å². The number of hydrogen-bond donors (Lipinski definition) is 3. The first-order chi connectivity index (χ1) is 17.5. The van der Waals surface area contributed by atoms with Crippen LogP contribution < -0.4 is 14.9 Å². The fraction of sp³-hybridized carbons (Fsp3) is 0.304. The van der Waals surface area contributed by atoms with Crippen molar-refractivity contribution in [2.45, 2.75) is 19.3 Å². The van der Waals surface area contributed by atoms with E-state index >= 15 is 0 Å². The van der Waals surface area contributed by atoms with Gasteiger partial charge >= 0.3 is 0 Å². The maximum Gasteiger partial charge on any atom is 0.295 e. The Morgan fingerprint density at radius 1 is 1.19 bits per heavy atom. The van der Waals surface area contributed by atoms with Crippen molar-refractivity contribution in [3.63, 3.8) is 0 Å². The maximum atomic E-state index is 13.4. The molecule has 14 heteroatoms. The third kappa shape index (κ3) is 5.09. The molecule has 0 atom stereocenters. The number of anilines is 4. The molecule has 3 aromatic heterocycles. The third-order valence-corrected chi connectivity index (χ3v) is 7.21. The van der Waals surface area contributed by atoms with Gasteiger partial charge in [0.05, 0.1) is 29.5 Å². The lowest BCUT2D eigenvalue weighted by Crippen LogP contribution is -2.25. The lowest BCUT2D eigenvalue weighted by molar-refractivity contribution is -0.117. The Hall–Kier alpha value is -4.07. The second kappa shape index (κ2) is 9.10. The van der Waals surface area contributed by atoms with Crippen LogP contribution in [0, 0.1) is 5.92 Å². The summed E-state index contributed by atoms with van der Waals surface area (Å²) in [6, 6.07) is 6.62. The zero-order valence-corrected chi connectivity index (χ0v) is 21.0. The SMILES string of the molecule is CN(c1cc(-c2cnn(C)c2)ccc1Nc1cc(NC(=O)C2CC2)nc2[nH]c(C(F)F)nc12)S(C)(=O)=O. The number of aromatic nitrogens is 5. The van der Waals surface area contributed by atoms with E-state index in [4.69, 9.17) is 0 Å². The van der Waals surface area contributed by atoms with Gasteiger partial charge in [0, 0.05) is 37.8 Å². The van der Waals surface area contributed by atoms with Gasteiger partial charge in [0.2, 0.25) is 15.9 Å². The van der Waals surface area contributed by atoms with Gasteiger partial charge in [-0.15, -0.1) is 0 Å². The highest BCUT2D eigenvalue weighted by Crippen LogP contribution is 2.37. The summed E-state index contributed by atoms with van der Waals surface area (Å²) in [5, 5.41) is 9.99. The summed E-state index contributed by atoms with van der Waals surface area (Å²) in [6.45, 7) is 0. The fourth-order valence-corrected chi connectivity index (χ4v) is 4.32. The Kier molecular flexibility index (Phi) is 6.06. The van der Waals surface area contributed by atoms with Gasteiger partial charge in [-0.3, -0.25) is 13.8 Å². The molecule has 0 spiro atoms. The summed E-state index contributed by atoms with van der Waals surface area (Å²) in [6.07, 6.45) is 3.23. The lowest BCUT2D eigenvalue weighted by Gasteiger charge is -2.22. The number of nitrogens with zero attached hydrogens (tertiary/aromatic N) is 5. The number of imidazole rings is 1. The number of fused-ring (bicyclic) bond motifs is 1. The Labute approximate surface area is 211 Å². The van der Waals surface area contributed by atoms with Crippen LogP contribution in [0.5, 0.6) is 0 Å². The minimum Gasteiger partial charge on any atom is -0.352 e. The maximum absolute atomic E-state index is 13.4. The smallest absolute Gasteiger partial charge is 0.295 e. The van der Waals surface area contributed by atoms with Crippen LogP contribution >= 0.6 is 0 Å². The molecule has 0 saturated heterocycles. The molecule has 11 nitrogen and oxygen atoms in total. The molecule has 1 saturated carbocycles. The van der Waals surface area contributed by atoms with Crippen molar-refractivity contribution in [3.8, 4) is 11.1 Å². The number of nitrogens with one attached hydrogen (secondary N) is 3. The van der Waals surface area contributed by atoms with Gasteiger partial charge in [-0.05, 0) is 30.5 Å². The van der Waals surface area contributed by atoms with Crippen molar-refractivity contribution in [2.75, 3.05) is 28.2 Å². The van der Waals surface area contributed by atoms with Crippen molar-refractivity contribution < 1.29 is 22.0 Å². The average molecular weight is 531 g/mol. The van der Waals surface area contributed by atoms with E-state index in [2.05, 4.69) is 30.7 Å². The van der Waals surface area contributed by atoms with E-state index in [1.807, 2.05) is 0 Å². The zero-order valence-electron chi connectivity index (χ0n) is 20.2. The van der Waals surface area contributed by atoms with E-state index in [-0.39, 0.29) is 34.5 Å². The molecular weight excluding hydrogens is 506 g/mol. The first kappa shape index (κ1) is 24.6. The standard InChI is InChI=1S/C23H24F2N8O3S/c1-32-11-14(10-26-32)13-6-7-15(17(8-13)33(2)37(3,35)36)27-16-9-18(29-23(34)12-4-5-12)28-21-19(16)30-22(31-21)20(24)25/h6-12,20H,4-5H2,1-3H3,(H3,27,28,29,30,31,34). The highest BCUT2D eigenvalue weighted by atomic mass is 32.2. The number of aryl methyl sites for hydroxylation is 1. The number of carbonyl (C=O) groups is 1. The number of halogens is 2. The first-order valence-electron chi connectivity index (χ1n) is 11.3. The molecule has 1 aliphatic rings. The van der Waals surface area contributed by atoms with Gasteiger partial charge < -0.3 is 15.6 Å². The third-order valence-electron chi connectivity index (χ3n) is 6.02. The molecule has 4 aromatic rings. The van der Waals surface area contributed by atoms with Crippen LogP contribution in [-0.4, -0.2) is 52.4 Å². The number of H-pyrrole nitrogens is 1. The molecule has 1 fully saturated rings. The molecule has 37 heavy (non-hydrogen) atoms. The molecule has 5 rings (SSSR count). The molecule has 0 bridgehead atoms. The van der Waals surface area contributed by atoms with Gasteiger partial charge in [-0.25, -0.2) is 27.2 Å². The first-order valence-corrected chi connectivity index (χ1v) is 13.2. The van der Waals surface area contributed by atoms with E-state index in [0.29, 0.717) is 11.4 Å². The van der Waals surface area contributed by atoms with Gasteiger partial charge in [0.25, 0.3) is 6.43 Å². The summed E-state index contributed by atoms with van der Waals surface area (Å²) in [4.78, 5) is 23.0. The van der Waals surface area contributed by atoms with Crippen LogP contribution in [0.25, 0.3) is 22.3 Å². The van der Waals surface area contributed by atoms with Crippen molar-refractivity contribution in [1.82, 2.24) is 24.7 Å². The number of aromatic amines is 1. The van der Waals surface area contributed by atoms with E-state index in [9.17, 15) is 22.0 Å². The molecule has 3 N–H and O–H groups in total. The van der Waals surface area contributed by atoms with Crippen molar-refractivity contribution in [1.29, 1.82) is 0 Å². The van der Waals surface area contributed by atoms with E-state index in [1.54, 1.807) is 42.3 Å². The second-order valence-electron chi connectivity index (χ2n) is 8.93. The Bertz CT molecular complexity index is 1610. The Balaban J connectivity index is 1.61. The van der Waals surface area contributed by atoms with Crippen LogP contribution in [0.3, 0.4) is 0 Å². The molecule has 3 heterocycles. The average Bonchev–Trinajstić information content (AvgIpc) is 3.45. The largest absolute Gasteiger partial charge is 0.352 e. The second-order valence-corrected chi connectivity index (χ2v) is 10.9. The monoisotopic (exact) mass is 530 g/mol. The topological polar surface area (TPSA) is 138 Å². The van der Waals surface area contributed by atoms with Crippen LogP contribution in [-0.2, 0) is 21.9 Å². The number of pyridine rings is 1. The molecule has 1 aromatic carbocycles. The molecule has 0 unspecified atom stereocenters. The van der Waals surface area contributed by atoms with Crippen LogP contribution in [0.4, 0.5) is 31.7 Å². The summed E-state index contributed by atoms with van der Waals surface area (Å²) in [5.74, 6) is -0.718. The summed E-state index contributed by atoms with van der Waals surface area (Å²) >= 11 is 0. The van der Waals surface area contributed by atoms with Gasteiger partial charge in [-0.1, -0.05) is 6.07 Å². The van der Waals surface area contributed by atoms with E-state index < -0.39 is 22.3 Å². The molecule has 194 valence electrons. The predicted molar refractivity (Wildman–Crippen MR) is 135 cm³/mol. The summed E-state index contributed by atoms with van der Waals surface area (Å²) in [5.41, 5.74) is 2.61. The number of alkyl halides is 2. The molecule has 1 aliphatic carbocycles. The van der Waals surface area contributed by atoms with Crippen molar-refractivity contribution >= 4 is 50.0 Å². The number of sulfonamides is 1. The quantitative estimate of drug-likeness (QED) is 0.315. The lowest BCUT2D eigenvalue weighted by atomic mass is 10.1. The number of hydrogen-bond acceptors (Lipinski definition) is 7. The number of benzene rings is 1. The normalized spacial score (nSPS) is 13.8. The summed E-state index contributed by atoms with van der Waals surface area (Å²) in [7, 11) is -0.473. The number of rotatable bonds is 8. The van der Waals surface area contributed by atoms with Crippen LogP contribution in [0.2, 0.25) is 0 Å². The summed E-state index contributed by atoms with van der Waals surface area (Å²) < 4.78 is 54.4. The highest BCUT2D eigenvalue weighted by Gasteiger charge is 2.30. The fourth-order valence-electron chi connectivity index (χ4n) is 3.82. The van der Waals surface area contributed by atoms with E-state index in [0.717, 1.165) is 34.5 Å². The van der Waals surface area contributed by atoms with Gasteiger partial charge in [-0.2, -0.15) is 5.10 Å². The predicted octanol–water partition coefficient (Wildman–Crippen LogP) is 3.78. The van der Waals surface area contributed by atoms with Crippen molar-refractivity contribution in [2.24, 2.45) is 13.0 Å². The Morgan fingerprint density at radius 3 is 2.57 bits per heavy atom. The minimum atomic E-state index is -3.66. The minimum absolute atomic E-state index is 0.0522. The number of amides is 1. The molecule has 0 aliphatic heterocycles.